The lowest BCUT2D eigenvalue weighted by Gasteiger charge is -2.30. The van der Waals surface area contributed by atoms with Gasteiger partial charge in [0.1, 0.15) is 0 Å². The number of hydrogen-bond acceptors (Lipinski definition) is 5. The van der Waals surface area contributed by atoms with Crippen molar-refractivity contribution in [1.29, 1.82) is 0 Å². The number of hydrogen-bond donors (Lipinski definition) is 1. The molecule has 1 fully saturated rings. The van der Waals surface area contributed by atoms with Crippen molar-refractivity contribution in [2.75, 3.05) is 5.32 Å². The normalized spacial score (nSPS) is 25.1. The molecule has 1 aromatic heterocycles. The van der Waals surface area contributed by atoms with E-state index in [4.69, 9.17) is 0 Å². The predicted octanol–water partition coefficient (Wildman–Crippen LogP) is 1.52. The lowest BCUT2D eigenvalue weighted by Crippen LogP contribution is -2.42. The van der Waals surface area contributed by atoms with E-state index in [1.807, 2.05) is 0 Å². The van der Waals surface area contributed by atoms with Gasteiger partial charge in [-0.15, -0.1) is 11.3 Å². The summed E-state index contributed by atoms with van der Waals surface area (Å²) in [7, 11) is 0. The van der Waals surface area contributed by atoms with Crippen LogP contribution in [0.4, 0.5) is 5.13 Å². The minimum atomic E-state index is -1.10. The molecule has 3 rings (SSSR count). The molecule has 1 heterocycles. The predicted molar refractivity (Wildman–Crippen MR) is 77.8 cm³/mol. The van der Waals surface area contributed by atoms with Gasteiger partial charge in [-0.05, 0) is 38.5 Å². The van der Waals surface area contributed by atoms with E-state index in [2.05, 4.69) is 10.3 Å². The summed E-state index contributed by atoms with van der Waals surface area (Å²) in [4.78, 5) is 29.3. The second-order valence-corrected chi connectivity index (χ2v) is 6.99. The van der Waals surface area contributed by atoms with Gasteiger partial charge in [0.2, 0.25) is 5.91 Å². The van der Waals surface area contributed by atoms with Crippen LogP contribution in [0, 0.1) is 11.8 Å². The molecule has 0 spiro atoms. The number of fused-ring (bicyclic) bond motifs is 1. The summed E-state index contributed by atoms with van der Waals surface area (Å²) in [5.41, 5.74) is 1.10. The van der Waals surface area contributed by atoms with Crippen LogP contribution in [0.25, 0.3) is 0 Å². The van der Waals surface area contributed by atoms with Crippen molar-refractivity contribution < 1.29 is 14.7 Å². The fraction of sp³-hybridized carbons (Fsp3) is 0.667. The number of carboxylic acid groups (broad SMARTS) is 1. The smallest absolute Gasteiger partial charge is 0.229 e. The number of carbonyl (C=O) groups is 2. The van der Waals surface area contributed by atoms with E-state index in [0.29, 0.717) is 18.0 Å². The van der Waals surface area contributed by atoms with Crippen molar-refractivity contribution in [3.05, 3.63) is 10.6 Å². The highest BCUT2D eigenvalue weighted by Crippen LogP contribution is 2.33. The van der Waals surface area contributed by atoms with Gasteiger partial charge in [-0.25, -0.2) is 4.98 Å². The van der Waals surface area contributed by atoms with Gasteiger partial charge in [0.05, 0.1) is 5.69 Å². The molecule has 6 heteroatoms. The molecule has 5 nitrogen and oxygen atoms in total. The molecule has 2 aliphatic carbocycles. The van der Waals surface area contributed by atoms with Gasteiger partial charge in [0.25, 0.3) is 0 Å². The number of carboxylic acids is 1. The van der Waals surface area contributed by atoms with Gasteiger partial charge in [-0.3, -0.25) is 4.79 Å². The standard InChI is InChI=1S/C15H20N2O3S/c18-13(9-5-1-2-6-10(9)14(19)20)17-15-16-11-7-3-4-8-12(11)21-15/h9-10H,1-8H2,(H,19,20)(H,16,17,18)/p-1/t9-,10-/m1/s1. The van der Waals surface area contributed by atoms with Crippen LogP contribution >= 0.6 is 11.3 Å². The third-order valence-corrected chi connectivity index (χ3v) is 5.55. The second kappa shape index (κ2) is 6.13. The fourth-order valence-electron chi connectivity index (χ4n) is 3.33. The molecule has 1 N–H and O–H groups in total. The summed E-state index contributed by atoms with van der Waals surface area (Å²) in [6.07, 6.45) is 7.26. The van der Waals surface area contributed by atoms with E-state index < -0.39 is 17.8 Å². The molecule has 0 unspecified atom stereocenters. The molecular weight excluding hydrogens is 288 g/mol. The van der Waals surface area contributed by atoms with Gasteiger partial charge < -0.3 is 15.2 Å². The van der Waals surface area contributed by atoms with Crippen molar-refractivity contribution in [3.8, 4) is 0 Å². The lowest BCUT2D eigenvalue weighted by atomic mass is 9.79. The second-order valence-electron chi connectivity index (χ2n) is 5.90. The molecule has 114 valence electrons. The molecule has 1 aromatic rings. The summed E-state index contributed by atoms with van der Waals surface area (Å²) >= 11 is 1.53. The van der Waals surface area contributed by atoms with Gasteiger partial charge in [0, 0.05) is 22.7 Å². The Hall–Kier alpha value is -1.43. The number of nitrogens with one attached hydrogen (secondary N) is 1. The van der Waals surface area contributed by atoms with E-state index in [-0.39, 0.29) is 5.91 Å². The maximum Gasteiger partial charge on any atom is 0.229 e. The van der Waals surface area contributed by atoms with Crippen LogP contribution in [-0.4, -0.2) is 16.9 Å². The Kier molecular flexibility index (Phi) is 4.24. The first-order valence-electron chi connectivity index (χ1n) is 7.65. The highest BCUT2D eigenvalue weighted by Gasteiger charge is 2.32. The molecule has 0 saturated heterocycles. The van der Waals surface area contributed by atoms with Gasteiger partial charge in [-0.2, -0.15) is 0 Å². The summed E-state index contributed by atoms with van der Waals surface area (Å²) in [6, 6.07) is 0. The number of thiazole rings is 1. The minimum absolute atomic E-state index is 0.213. The Bertz CT molecular complexity index is 532. The van der Waals surface area contributed by atoms with Crippen molar-refractivity contribution in [1.82, 2.24) is 4.98 Å². The average Bonchev–Trinajstić information content (AvgIpc) is 2.89. The minimum Gasteiger partial charge on any atom is -0.550 e. The topological polar surface area (TPSA) is 82.1 Å². The lowest BCUT2D eigenvalue weighted by molar-refractivity contribution is -0.313. The molecule has 1 saturated carbocycles. The molecule has 1 amide bonds. The largest absolute Gasteiger partial charge is 0.550 e. The Morgan fingerprint density at radius 2 is 1.81 bits per heavy atom. The van der Waals surface area contributed by atoms with Crippen molar-refractivity contribution in [3.63, 3.8) is 0 Å². The number of rotatable bonds is 3. The zero-order valence-electron chi connectivity index (χ0n) is 11.9. The Morgan fingerprint density at radius 1 is 1.10 bits per heavy atom. The van der Waals surface area contributed by atoms with E-state index in [1.165, 1.54) is 22.6 Å². The number of anilines is 1. The Labute approximate surface area is 127 Å². The Balaban J connectivity index is 1.70. The van der Waals surface area contributed by atoms with Gasteiger partial charge in [-0.1, -0.05) is 12.8 Å². The van der Waals surface area contributed by atoms with Crippen molar-refractivity contribution >= 4 is 28.3 Å². The van der Waals surface area contributed by atoms with E-state index in [1.54, 1.807) is 0 Å². The average molecular weight is 307 g/mol. The molecule has 0 aromatic carbocycles. The molecule has 0 bridgehead atoms. The zero-order chi connectivity index (χ0) is 14.8. The third kappa shape index (κ3) is 3.10. The number of aryl methyl sites for hydroxylation is 2. The van der Waals surface area contributed by atoms with Crippen LogP contribution in [-0.2, 0) is 22.4 Å². The van der Waals surface area contributed by atoms with E-state index in [0.717, 1.165) is 37.8 Å². The first kappa shape index (κ1) is 14.5. The quantitative estimate of drug-likeness (QED) is 0.918. The van der Waals surface area contributed by atoms with Gasteiger partial charge in [0.15, 0.2) is 5.13 Å². The summed E-state index contributed by atoms with van der Waals surface area (Å²) in [6.45, 7) is 0. The van der Waals surface area contributed by atoms with Crippen LogP contribution < -0.4 is 10.4 Å². The number of nitrogens with zero attached hydrogens (tertiary/aromatic N) is 1. The molecule has 21 heavy (non-hydrogen) atoms. The highest BCUT2D eigenvalue weighted by atomic mass is 32.1. The van der Waals surface area contributed by atoms with Crippen LogP contribution in [0.5, 0.6) is 0 Å². The molecule has 0 aliphatic heterocycles. The summed E-state index contributed by atoms with van der Waals surface area (Å²) in [5.74, 6) is -2.46. The van der Waals surface area contributed by atoms with Crippen molar-refractivity contribution in [2.24, 2.45) is 11.8 Å². The maximum absolute atomic E-state index is 12.4. The highest BCUT2D eigenvalue weighted by molar-refractivity contribution is 7.15. The van der Waals surface area contributed by atoms with Crippen LogP contribution in [0.1, 0.15) is 49.1 Å². The number of carbonyl (C=O) groups excluding carboxylic acids is 2. The van der Waals surface area contributed by atoms with E-state index in [9.17, 15) is 14.7 Å². The van der Waals surface area contributed by atoms with Crippen LogP contribution in [0.15, 0.2) is 0 Å². The molecule has 2 aliphatic rings. The van der Waals surface area contributed by atoms with E-state index >= 15 is 0 Å². The van der Waals surface area contributed by atoms with Crippen LogP contribution in [0.3, 0.4) is 0 Å². The zero-order valence-corrected chi connectivity index (χ0v) is 12.7. The number of amides is 1. The van der Waals surface area contributed by atoms with Crippen molar-refractivity contribution in [2.45, 2.75) is 51.4 Å². The molecular formula is C15H19N2O3S-. The first-order valence-corrected chi connectivity index (χ1v) is 8.47. The first-order chi connectivity index (χ1) is 10.1. The number of aliphatic carboxylic acids is 1. The fourth-order valence-corrected chi connectivity index (χ4v) is 4.38. The Morgan fingerprint density at radius 3 is 2.52 bits per heavy atom. The number of aromatic nitrogens is 1. The molecule has 2 atom stereocenters. The van der Waals surface area contributed by atoms with Gasteiger partial charge >= 0.3 is 0 Å². The monoisotopic (exact) mass is 307 g/mol. The molecule has 0 radical (unpaired) electrons. The maximum atomic E-state index is 12.4. The SMILES string of the molecule is O=C([O-])[C@@H]1CCCC[C@H]1C(=O)Nc1nc2c(s1)CCCC2. The van der Waals surface area contributed by atoms with Crippen LogP contribution in [0.2, 0.25) is 0 Å². The summed E-state index contributed by atoms with van der Waals surface area (Å²) in [5, 5.41) is 14.6. The summed E-state index contributed by atoms with van der Waals surface area (Å²) < 4.78 is 0. The third-order valence-electron chi connectivity index (χ3n) is 4.48.